The number of rotatable bonds is 4. The summed E-state index contributed by atoms with van der Waals surface area (Å²) in [6.45, 7) is 2.93. The van der Waals surface area contributed by atoms with Gasteiger partial charge in [0.2, 0.25) is 0 Å². The Balaban J connectivity index is 2.09. The molecule has 1 saturated carbocycles. The standard InChI is InChI=1S/C16H22FNO2/c1-11-5-3-4-6-15(11)18(2)10-12-7-8-14(17)13(9-12)16(19)20/h7-9,11,15H,3-6,10H2,1-2H3,(H,19,20). The van der Waals surface area contributed by atoms with Crippen LogP contribution in [0.25, 0.3) is 0 Å². The van der Waals surface area contributed by atoms with Gasteiger partial charge in [-0.15, -0.1) is 0 Å². The van der Waals surface area contributed by atoms with Crippen molar-refractivity contribution in [1.29, 1.82) is 0 Å². The average molecular weight is 279 g/mol. The largest absolute Gasteiger partial charge is 0.478 e. The van der Waals surface area contributed by atoms with Crippen LogP contribution in [-0.4, -0.2) is 29.1 Å². The molecule has 1 N–H and O–H groups in total. The summed E-state index contributed by atoms with van der Waals surface area (Å²) in [4.78, 5) is 13.2. The number of hydrogen-bond acceptors (Lipinski definition) is 2. The smallest absolute Gasteiger partial charge is 0.338 e. The molecular weight excluding hydrogens is 257 g/mol. The second kappa shape index (κ2) is 6.35. The van der Waals surface area contributed by atoms with Gasteiger partial charge in [0.05, 0.1) is 5.56 Å². The molecule has 3 nitrogen and oxygen atoms in total. The maximum atomic E-state index is 13.4. The number of hydrogen-bond donors (Lipinski definition) is 1. The van der Waals surface area contributed by atoms with Crippen molar-refractivity contribution in [1.82, 2.24) is 4.90 Å². The van der Waals surface area contributed by atoms with Crippen molar-refractivity contribution < 1.29 is 14.3 Å². The Morgan fingerprint density at radius 3 is 2.75 bits per heavy atom. The highest BCUT2D eigenvalue weighted by molar-refractivity contribution is 5.88. The number of nitrogens with zero attached hydrogens (tertiary/aromatic N) is 1. The normalized spacial score (nSPS) is 23.0. The van der Waals surface area contributed by atoms with E-state index in [0.29, 0.717) is 18.5 Å². The van der Waals surface area contributed by atoms with Gasteiger partial charge in [0.25, 0.3) is 0 Å². The van der Waals surface area contributed by atoms with Crippen LogP contribution in [0.4, 0.5) is 4.39 Å². The maximum absolute atomic E-state index is 13.4. The molecule has 0 bridgehead atoms. The molecule has 2 atom stereocenters. The summed E-state index contributed by atoms with van der Waals surface area (Å²) >= 11 is 0. The van der Waals surface area contributed by atoms with E-state index in [1.54, 1.807) is 6.07 Å². The number of carboxylic acid groups (broad SMARTS) is 1. The van der Waals surface area contributed by atoms with Crippen LogP contribution in [0.3, 0.4) is 0 Å². The summed E-state index contributed by atoms with van der Waals surface area (Å²) in [5, 5.41) is 8.96. The third kappa shape index (κ3) is 3.37. The van der Waals surface area contributed by atoms with Crippen LogP contribution in [-0.2, 0) is 6.54 Å². The number of carbonyl (C=O) groups is 1. The Bertz CT molecular complexity index is 489. The average Bonchev–Trinajstić information content (AvgIpc) is 2.41. The maximum Gasteiger partial charge on any atom is 0.338 e. The third-order valence-electron chi connectivity index (χ3n) is 4.33. The first-order chi connectivity index (χ1) is 9.49. The molecule has 20 heavy (non-hydrogen) atoms. The second-order valence-electron chi connectivity index (χ2n) is 5.86. The lowest BCUT2D eigenvalue weighted by atomic mass is 9.85. The first-order valence-electron chi connectivity index (χ1n) is 7.21. The fraction of sp³-hybridized carbons (Fsp3) is 0.562. The number of benzene rings is 1. The van der Waals surface area contributed by atoms with Crippen molar-refractivity contribution in [3.8, 4) is 0 Å². The van der Waals surface area contributed by atoms with Gasteiger partial charge in [-0.1, -0.05) is 25.8 Å². The van der Waals surface area contributed by atoms with E-state index in [1.807, 2.05) is 0 Å². The summed E-state index contributed by atoms with van der Waals surface area (Å²) in [5.41, 5.74) is 0.608. The zero-order valence-electron chi connectivity index (χ0n) is 12.1. The van der Waals surface area contributed by atoms with Gasteiger partial charge in [0.15, 0.2) is 0 Å². The van der Waals surface area contributed by atoms with Gasteiger partial charge in [-0.3, -0.25) is 4.90 Å². The first-order valence-corrected chi connectivity index (χ1v) is 7.21. The van der Waals surface area contributed by atoms with Crippen molar-refractivity contribution in [2.75, 3.05) is 7.05 Å². The zero-order valence-corrected chi connectivity index (χ0v) is 12.1. The van der Waals surface area contributed by atoms with Crippen LogP contribution in [0.2, 0.25) is 0 Å². The van der Waals surface area contributed by atoms with E-state index >= 15 is 0 Å². The van der Waals surface area contributed by atoms with Gasteiger partial charge in [-0.05, 0) is 43.5 Å². The molecule has 0 amide bonds. The number of carboxylic acids is 1. The summed E-state index contributed by atoms with van der Waals surface area (Å²) in [7, 11) is 2.07. The fourth-order valence-corrected chi connectivity index (χ4v) is 3.19. The number of halogens is 1. The van der Waals surface area contributed by atoms with Crippen LogP contribution < -0.4 is 0 Å². The zero-order chi connectivity index (χ0) is 14.7. The molecule has 1 aliphatic rings. The van der Waals surface area contributed by atoms with Crippen molar-refractivity contribution in [2.45, 2.75) is 45.2 Å². The van der Waals surface area contributed by atoms with Crippen LogP contribution >= 0.6 is 0 Å². The highest BCUT2D eigenvalue weighted by atomic mass is 19.1. The van der Waals surface area contributed by atoms with E-state index in [1.165, 1.54) is 37.8 Å². The predicted octanol–water partition coefficient (Wildman–Crippen LogP) is 3.53. The van der Waals surface area contributed by atoms with Gasteiger partial charge in [0.1, 0.15) is 5.82 Å². The van der Waals surface area contributed by atoms with Gasteiger partial charge >= 0.3 is 5.97 Å². The second-order valence-corrected chi connectivity index (χ2v) is 5.86. The van der Waals surface area contributed by atoms with Crippen LogP contribution in [0.1, 0.15) is 48.5 Å². The molecular formula is C16H22FNO2. The Morgan fingerprint density at radius 2 is 2.10 bits per heavy atom. The van der Waals surface area contributed by atoms with Crippen LogP contribution in [0, 0.1) is 11.7 Å². The number of aromatic carboxylic acids is 1. The molecule has 0 radical (unpaired) electrons. The molecule has 0 aliphatic heterocycles. The van der Waals surface area contributed by atoms with E-state index < -0.39 is 11.8 Å². The van der Waals surface area contributed by atoms with Crippen LogP contribution in [0.15, 0.2) is 18.2 Å². The van der Waals surface area contributed by atoms with Gasteiger partial charge in [0, 0.05) is 12.6 Å². The van der Waals surface area contributed by atoms with Crippen LogP contribution in [0.5, 0.6) is 0 Å². The highest BCUT2D eigenvalue weighted by Gasteiger charge is 2.25. The molecule has 110 valence electrons. The van der Waals surface area contributed by atoms with E-state index in [2.05, 4.69) is 18.9 Å². The minimum atomic E-state index is -1.21. The molecule has 0 aromatic heterocycles. The molecule has 0 spiro atoms. The molecule has 1 aliphatic carbocycles. The Labute approximate surface area is 119 Å². The SMILES string of the molecule is CC1CCCCC1N(C)Cc1ccc(F)c(C(=O)O)c1. The summed E-state index contributed by atoms with van der Waals surface area (Å²) < 4.78 is 13.4. The van der Waals surface area contributed by atoms with Gasteiger partial charge < -0.3 is 5.11 Å². The first kappa shape index (κ1) is 15.0. The monoisotopic (exact) mass is 279 g/mol. The Morgan fingerprint density at radius 1 is 1.40 bits per heavy atom. The van der Waals surface area contributed by atoms with Crippen molar-refractivity contribution in [2.24, 2.45) is 5.92 Å². The molecule has 0 saturated heterocycles. The lowest BCUT2D eigenvalue weighted by Crippen LogP contribution is -2.38. The molecule has 1 aromatic carbocycles. The lowest BCUT2D eigenvalue weighted by Gasteiger charge is -2.36. The topological polar surface area (TPSA) is 40.5 Å². The lowest BCUT2D eigenvalue weighted by molar-refractivity contribution is 0.0691. The van der Waals surface area contributed by atoms with E-state index in [4.69, 9.17) is 5.11 Å². The molecule has 1 aromatic rings. The summed E-state index contributed by atoms with van der Waals surface area (Å²) in [6.07, 6.45) is 4.98. The van der Waals surface area contributed by atoms with Crippen molar-refractivity contribution in [3.63, 3.8) is 0 Å². The summed E-state index contributed by atoms with van der Waals surface area (Å²) in [6, 6.07) is 4.90. The Kier molecular flexibility index (Phi) is 4.76. The minimum absolute atomic E-state index is 0.243. The quantitative estimate of drug-likeness (QED) is 0.916. The van der Waals surface area contributed by atoms with E-state index in [-0.39, 0.29) is 5.56 Å². The molecule has 0 heterocycles. The Hall–Kier alpha value is -1.42. The van der Waals surface area contributed by atoms with Crippen molar-refractivity contribution >= 4 is 5.97 Å². The molecule has 2 rings (SSSR count). The molecule has 2 unspecified atom stereocenters. The molecule has 1 fully saturated rings. The van der Waals surface area contributed by atoms with Crippen molar-refractivity contribution in [3.05, 3.63) is 35.1 Å². The fourth-order valence-electron chi connectivity index (χ4n) is 3.19. The minimum Gasteiger partial charge on any atom is -0.478 e. The summed E-state index contributed by atoms with van der Waals surface area (Å²) in [5.74, 6) is -1.22. The highest BCUT2D eigenvalue weighted by Crippen LogP contribution is 2.28. The third-order valence-corrected chi connectivity index (χ3v) is 4.33. The predicted molar refractivity (Wildman–Crippen MR) is 76.2 cm³/mol. The van der Waals surface area contributed by atoms with Gasteiger partial charge in [-0.25, -0.2) is 9.18 Å². The van der Waals surface area contributed by atoms with E-state index in [0.717, 1.165) is 5.56 Å². The molecule has 4 heteroatoms. The van der Waals surface area contributed by atoms with Gasteiger partial charge in [-0.2, -0.15) is 0 Å². The van der Waals surface area contributed by atoms with E-state index in [9.17, 15) is 9.18 Å².